The van der Waals surface area contributed by atoms with Gasteiger partial charge in [-0.15, -0.1) is 0 Å². The highest BCUT2D eigenvalue weighted by Gasteiger charge is 2.43. The van der Waals surface area contributed by atoms with Gasteiger partial charge in [-0.05, 0) is 111 Å². The Morgan fingerprint density at radius 1 is 0.846 bits per heavy atom. The molecule has 1 saturated heterocycles. The fourth-order valence-corrected chi connectivity index (χ4v) is 9.89. The first-order valence-electron chi connectivity index (χ1n) is 20.1. The highest BCUT2D eigenvalue weighted by molar-refractivity contribution is 6.74. The summed E-state index contributed by atoms with van der Waals surface area (Å²) >= 11 is 0. The van der Waals surface area contributed by atoms with E-state index in [9.17, 15) is 4.79 Å². The summed E-state index contributed by atoms with van der Waals surface area (Å²) < 4.78 is 27.2. The van der Waals surface area contributed by atoms with E-state index in [1.807, 2.05) is 18.0 Å². The largest absolute Gasteiger partial charge is 0.417 e. The van der Waals surface area contributed by atoms with Crippen LogP contribution in [0.4, 0.5) is 0 Å². The second-order valence-electron chi connectivity index (χ2n) is 20.5. The maximum atomic E-state index is 14.3. The maximum absolute atomic E-state index is 14.3. The number of likely N-dealkylation sites (N-methyl/N-ethyl adjacent to an activating group) is 1. The van der Waals surface area contributed by atoms with Gasteiger partial charge in [0.15, 0.2) is 25.0 Å². The molecule has 0 bridgehead atoms. The number of carbonyl (C=O) groups excluding carboxylic acids is 1. The summed E-state index contributed by atoms with van der Waals surface area (Å²) in [7, 11) is -4.02. The van der Waals surface area contributed by atoms with Gasteiger partial charge in [-0.25, -0.2) is 0 Å². The molecule has 1 aromatic rings. The van der Waals surface area contributed by atoms with Gasteiger partial charge in [-0.2, -0.15) is 0 Å². The zero-order chi connectivity index (χ0) is 40.1. The fraction of sp³-hybridized carbons (Fsp3) is 0.791. The van der Waals surface area contributed by atoms with Gasteiger partial charge >= 0.3 is 0 Å². The van der Waals surface area contributed by atoms with E-state index in [4.69, 9.17) is 18.0 Å². The molecule has 1 aromatic carbocycles. The molecular weight excluding hydrogens is 695 g/mol. The number of nitrogens with zero attached hydrogens (tertiary/aromatic N) is 1. The first kappa shape index (κ1) is 47.1. The predicted octanol–water partition coefficient (Wildman–Crippen LogP) is 12.3. The van der Waals surface area contributed by atoms with Gasteiger partial charge in [0, 0.05) is 25.7 Å². The van der Waals surface area contributed by atoms with Gasteiger partial charge in [0.1, 0.15) is 0 Å². The molecule has 1 amide bonds. The lowest BCUT2D eigenvalue weighted by Crippen LogP contribution is -2.49. The van der Waals surface area contributed by atoms with Gasteiger partial charge < -0.3 is 22.9 Å². The molecule has 0 saturated carbocycles. The molecule has 0 unspecified atom stereocenters. The molecule has 2 rings (SSSR count). The fourth-order valence-electron chi connectivity index (χ4n) is 6.08. The lowest BCUT2D eigenvalue weighted by atomic mass is 9.95. The Kier molecular flexibility index (Phi) is 16.5. The summed E-state index contributed by atoms with van der Waals surface area (Å²) in [6.45, 7) is 43.8. The van der Waals surface area contributed by atoms with Crippen LogP contribution in [0.15, 0.2) is 42.5 Å². The van der Waals surface area contributed by atoms with Gasteiger partial charge in [0.25, 0.3) is 0 Å². The number of amides is 1. The van der Waals surface area contributed by atoms with Crippen LogP contribution in [-0.4, -0.2) is 73.8 Å². The van der Waals surface area contributed by atoms with E-state index in [1.54, 1.807) is 0 Å². The van der Waals surface area contributed by atoms with Crippen molar-refractivity contribution in [3.05, 3.63) is 48.0 Å². The van der Waals surface area contributed by atoms with Crippen LogP contribution < -0.4 is 0 Å². The first-order chi connectivity index (χ1) is 23.5. The van der Waals surface area contributed by atoms with Crippen LogP contribution in [0, 0.1) is 5.92 Å². The van der Waals surface area contributed by atoms with E-state index in [0.29, 0.717) is 6.42 Å². The zero-order valence-electron chi connectivity index (χ0n) is 37.0. The van der Waals surface area contributed by atoms with E-state index < -0.39 is 25.0 Å². The summed E-state index contributed by atoms with van der Waals surface area (Å²) in [5.41, 5.74) is 2.30. The van der Waals surface area contributed by atoms with Crippen molar-refractivity contribution in [3.63, 3.8) is 0 Å². The molecule has 0 radical (unpaired) electrons. The minimum Gasteiger partial charge on any atom is -0.417 e. The van der Waals surface area contributed by atoms with Crippen LogP contribution in [0.1, 0.15) is 126 Å². The molecule has 6 atom stereocenters. The molecule has 300 valence electrons. The normalized spacial score (nSPS) is 20.5. The number of benzene rings is 1. The molecule has 1 aliphatic rings. The van der Waals surface area contributed by atoms with Crippen molar-refractivity contribution in [1.82, 2.24) is 4.90 Å². The summed E-state index contributed by atoms with van der Waals surface area (Å²) in [5, 5.41) is 0.342. The monoisotopic (exact) mass is 776 g/mol. The number of ether oxygens (including phenoxy) is 1. The second kappa shape index (κ2) is 18.2. The average Bonchev–Trinajstić information content (AvgIpc) is 3.37. The van der Waals surface area contributed by atoms with Crippen LogP contribution in [0.2, 0.25) is 54.4 Å². The number of carbonyl (C=O) groups is 1. The van der Waals surface area contributed by atoms with Gasteiger partial charge in [0.2, 0.25) is 5.91 Å². The Bertz CT molecular complexity index is 1280. The lowest BCUT2D eigenvalue weighted by molar-refractivity contribution is -0.138. The van der Waals surface area contributed by atoms with Crippen LogP contribution in [-0.2, 0) is 22.8 Å². The van der Waals surface area contributed by atoms with Crippen molar-refractivity contribution in [2.24, 2.45) is 5.92 Å². The van der Waals surface area contributed by atoms with E-state index in [1.165, 1.54) is 5.57 Å². The number of hydrogen-bond acceptors (Lipinski definition) is 5. The predicted molar refractivity (Wildman–Crippen MR) is 230 cm³/mol. The molecule has 1 fully saturated rings. The Labute approximate surface area is 324 Å². The summed E-state index contributed by atoms with van der Waals surface area (Å²) in [4.78, 5) is 16.2. The van der Waals surface area contributed by atoms with E-state index in [2.05, 4.69) is 146 Å². The summed E-state index contributed by atoms with van der Waals surface area (Å²) in [5.74, 6) is -0.0644. The Morgan fingerprint density at radius 2 is 1.37 bits per heavy atom. The molecule has 52 heavy (non-hydrogen) atoms. The van der Waals surface area contributed by atoms with E-state index in [0.717, 1.165) is 44.3 Å². The SMILES string of the molecule is C=C1C[C@H](CCCO[Si](C)(C)C(C)(C)C)O[C@H]1CC[C@H](C[C@@H](C)C(=O)N(C)[C@H](C)[C@H](O[Si](C)(C)C(C)(C)C)c1ccccc1)O[Si](C)(C)C(C)(C)C. The van der Waals surface area contributed by atoms with E-state index in [-0.39, 0.29) is 57.4 Å². The molecule has 1 heterocycles. The van der Waals surface area contributed by atoms with Crippen molar-refractivity contribution in [3.8, 4) is 0 Å². The molecule has 6 nitrogen and oxygen atoms in total. The van der Waals surface area contributed by atoms with Crippen LogP contribution in [0.3, 0.4) is 0 Å². The van der Waals surface area contributed by atoms with Crippen LogP contribution >= 0.6 is 0 Å². The minimum atomic E-state index is -2.13. The second-order valence-corrected chi connectivity index (χ2v) is 34.8. The van der Waals surface area contributed by atoms with Crippen LogP contribution in [0.5, 0.6) is 0 Å². The van der Waals surface area contributed by atoms with Crippen LogP contribution in [0.25, 0.3) is 0 Å². The zero-order valence-corrected chi connectivity index (χ0v) is 40.0. The smallest absolute Gasteiger partial charge is 0.225 e. The van der Waals surface area contributed by atoms with Gasteiger partial charge in [-0.1, -0.05) is 106 Å². The molecular formula is C43H81NO5Si3. The Hall–Kier alpha value is -1.08. The van der Waals surface area contributed by atoms with Crippen molar-refractivity contribution in [2.75, 3.05) is 13.7 Å². The van der Waals surface area contributed by atoms with Crippen molar-refractivity contribution >= 4 is 30.9 Å². The molecule has 0 aromatic heterocycles. The topological polar surface area (TPSA) is 57.2 Å². The molecule has 9 heteroatoms. The summed E-state index contributed by atoms with van der Waals surface area (Å²) in [6, 6.07) is 10.3. The average molecular weight is 776 g/mol. The van der Waals surface area contributed by atoms with Crippen molar-refractivity contribution < 1.29 is 22.8 Å². The minimum absolute atomic E-state index is 0.0321. The van der Waals surface area contributed by atoms with E-state index >= 15 is 0 Å². The Morgan fingerprint density at radius 3 is 1.88 bits per heavy atom. The molecule has 0 N–H and O–H groups in total. The van der Waals surface area contributed by atoms with Gasteiger partial charge in [0.05, 0.1) is 24.4 Å². The third-order valence-corrected chi connectivity index (χ3v) is 26.6. The third kappa shape index (κ3) is 13.0. The standard InChI is InChI=1S/C43H81NO5Si3/c1-32-30-36(26-23-29-46-50(14,15)41(4,5)6)47-38(32)28-27-37(48-51(16,17)42(7,8)9)31-33(2)40(45)44(13)34(3)39(35-24-21-20-22-25-35)49-52(18,19)43(10,11)12/h20-22,24-25,33-34,36-39H,1,23,26-31H2,2-19H3/t33-,34-,36+,37-,38+,39+/m1/s1. The quantitative estimate of drug-likeness (QED) is 0.0844. The third-order valence-electron chi connectivity index (χ3n) is 13.1. The van der Waals surface area contributed by atoms with Crippen molar-refractivity contribution in [2.45, 2.75) is 200 Å². The highest BCUT2D eigenvalue weighted by Crippen LogP contribution is 2.42. The summed E-state index contributed by atoms with van der Waals surface area (Å²) in [6.07, 6.45) is 5.27. The lowest BCUT2D eigenvalue weighted by Gasteiger charge is -2.43. The maximum Gasteiger partial charge on any atom is 0.225 e. The van der Waals surface area contributed by atoms with Crippen molar-refractivity contribution in [1.29, 1.82) is 0 Å². The molecule has 1 aliphatic heterocycles. The van der Waals surface area contributed by atoms with Gasteiger partial charge in [-0.3, -0.25) is 4.79 Å². The molecule has 0 aliphatic carbocycles. The number of rotatable bonds is 18. The number of hydrogen-bond donors (Lipinski definition) is 0. The molecule has 0 spiro atoms. The highest BCUT2D eigenvalue weighted by atomic mass is 28.4. The Balaban J connectivity index is 2.16. The first-order valence-corrected chi connectivity index (χ1v) is 28.9.